The van der Waals surface area contributed by atoms with Crippen molar-refractivity contribution in [2.24, 2.45) is 0 Å². The van der Waals surface area contributed by atoms with E-state index in [0.29, 0.717) is 13.2 Å². The SMILES string of the molecule is O=C(O)c1cccc(F)c1OCCN1CCCC1. The Morgan fingerprint density at radius 2 is 2.11 bits per heavy atom. The van der Waals surface area contributed by atoms with Crippen molar-refractivity contribution >= 4 is 5.97 Å². The first-order valence-electron chi connectivity index (χ1n) is 6.05. The Hall–Kier alpha value is -1.62. The van der Waals surface area contributed by atoms with Gasteiger partial charge in [0.25, 0.3) is 0 Å². The molecule has 0 unspecified atom stereocenters. The van der Waals surface area contributed by atoms with Gasteiger partial charge in [0.1, 0.15) is 12.2 Å². The quantitative estimate of drug-likeness (QED) is 0.872. The molecule has 98 valence electrons. The number of carboxylic acid groups (broad SMARTS) is 1. The molecule has 0 amide bonds. The zero-order valence-electron chi connectivity index (χ0n) is 10.1. The first-order valence-corrected chi connectivity index (χ1v) is 6.05. The van der Waals surface area contributed by atoms with Crippen molar-refractivity contribution in [3.63, 3.8) is 0 Å². The van der Waals surface area contributed by atoms with Crippen molar-refractivity contribution in [3.8, 4) is 5.75 Å². The summed E-state index contributed by atoms with van der Waals surface area (Å²) in [6.07, 6.45) is 2.36. The summed E-state index contributed by atoms with van der Waals surface area (Å²) in [6, 6.07) is 3.92. The lowest BCUT2D eigenvalue weighted by Gasteiger charge is -2.16. The third-order valence-corrected chi connectivity index (χ3v) is 3.05. The van der Waals surface area contributed by atoms with Crippen LogP contribution in [0.15, 0.2) is 18.2 Å². The van der Waals surface area contributed by atoms with Gasteiger partial charge in [-0.2, -0.15) is 0 Å². The second-order valence-corrected chi connectivity index (χ2v) is 4.32. The molecule has 5 heteroatoms. The van der Waals surface area contributed by atoms with Crippen molar-refractivity contribution < 1.29 is 19.0 Å². The largest absolute Gasteiger partial charge is 0.488 e. The molecule has 1 aliphatic heterocycles. The molecule has 0 aromatic heterocycles. The number of para-hydroxylation sites is 1. The fourth-order valence-corrected chi connectivity index (χ4v) is 2.11. The fourth-order valence-electron chi connectivity index (χ4n) is 2.11. The molecule has 1 aromatic rings. The van der Waals surface area contributed by atoms with Crippen LogP contribution in [0.25, 0.3) is 0 Å². The number of ether oxygens (including phenoxy) is 1. The predicted molar refractivity (Wildman–Crippen MR) is 64.5 cm³/mol. The average molecular weight is 253 g/mol. The first kappa shape index (κ1) is 12.8. The molecular formula is C13H16FNO3. The molecule has 0 saturated carbocycles. The summed E-state index contributed by atoms with van der Waals surface area (Å²) in [4.78, 5) is 13.2. The molecule has 4 nitrogen and oxygen atoms in total. The summed E-state index contributed by atoms with van der Waals surface area (Å²) in [5.41, 5.74) is -0.128. The third-order valence-electron chi connectivity index (χ3n) is 3.05. The highest BCUT2D eigenvalue weighted by Crippen LogP contribution is 2.22. The van der Waals surface area contributed by atoms with E-state index in [1.165, 1.54) is 31.0 Å². The molecule has 0 bridgehead atoms. The summed E-state index contributed by atoms with van der Waals surface area (Å²) in [5, 5.41) is 8.94. The maximum Gasteiger partial charge on any atom is 0.339 e. The average Bonchev–Trinajstić information content (AvgIpc) is 2.84. The molecule has 0 spiro atoms. The molecule has 1 aromatic carbocycles. The summed E-state index contributed by atoms with van der Waals surface area (Å²) >= 11 is 0. The molecule has 2 rings (SSSR count). The van der Waals surface area contributed by atoms with Crippen LogP contribution >= 0.6 is 0 Å². The Bertz CT molecular complexity index is 430. The zero-order valence-corrected chi connectivity index (χ0v) is 10.1. The lowest BCUT2D eigenvalue weighted by atomic mass is 10.2. The van der Waals surface area contributed by atoms with Gasteiger partial charge in [0, 0.05) is 6.54 Å². The van der Waals surface area contributed by atoms with E-state index in [1.807, 2.05) is 0 Å². The monoisotopic (exact) mass is 253 g/mol. The van der Waals surface area contributed by atoms with Gasteiger partial charge in [0.05, 0.1) is 0 Å². The number of nitrogens with zero attached hydrogens (tertiary/aromatic N) is 1. The normalized spacial score (nSPS) is 15.8. The van der Waals surface area contributed by atoms with E-state index >= 15 is 0 Å². The molecule has 1 saturated heterocycles. The second kappa shape index (κ2) is 5.82. The molecule has 0 atom stereocenters. The van der Waals surface area contributed by atoms with Crippen LogP contribution in [-0.4, -0.2) is 42.2 Å². The molecule has 1 heterocycles. The summed E-state index contributed by atoms with van der Waals surface area (Å²) in [5.74, 6) is -1.97. The maximum absolute atomic E-state index is 13.5. The van der Waals surface area contributed by atoms with Gasteiger partial charge < -0.3 is 9.84 Å². The Morgan fingerprint density at radius 1 is 1.39 bits per heavy atom. The minimum atomic E-state index is -1.18. The van der Waals surface area contributed by atoms with Gasteiger partial charge in [-0.3, -0.25) is 4.90 Å². The van der Waals surface area contributed by atoms with E-state index in [0.717, 1.165) is 13.1 Å². The van der Waals surface area contributed by atoms with Crippen molar-refractivity contribution in [2.45, 2.75) is 12.8 Å². The molecule has 1 aliphatic rings. The van der Waals surface area contributed by atoms with Gasteiger partial charge >= 0.3 is 5.97 Å². The zero-order chi connectivity index (χ0) is 13.0. The highest BCUT2D eigenvalue weighted by atomic mass is 19.1. The van der Waals surface area contributed by atoms with E-state index in [-0.39, 0.29) is 11.3 Å². The van der Waals surface area contributed by atoms with Crippen LogP contribution in [0.4, 0.5) is 4.39 Å². The molecule has 0 radical (unpaired) electrons. The van der Waals surface area contributed by atoms with Gasteiger partial charge in [0.2, 0.25) is 0 Å². The minimum Gasteiger partial charge on any atom is -0.488 e. The van der Waals surface area contributed by atoms with Gasteiger partial charge in [-0.1, -0.05) is 6.07 Å². The second-order valence-electron chi connectivity index (χ2n) is 4.32. The molecular weight excluding hydrogens is 237 g/mol. The van der Waals surface area contributed by atoms with E-state index in [4.69, 9.17) is 9.84 Å². The van der Waals surface area contributed by atoms with Crippen molar-refractivity contribution in [1.29, 1.82) is 0 Å². The minimum absolute atomic E-state index is 0.128. The Morgan fingerprint density at radius 3 is 2.78 bits per heavy atom. The Labute approximate surface area is 105 Å². The maximum atomic E-state index is 13.5. The van der Waals surface area contributed by atoms with Crippen LogP contribution in [0.5, 0.6) is 5.75 Å². The lowest BCUT2D eigenvalue weighted by molar-refractivity contribution is 0.0690. The predicted octanol–water partition coefficient (Wildman–Crippen LogP) is 2.00. The number of likely N-dealkylation sites (tertiary alicyclic amines) is 1. The summed E-state index contributed by atoms with van der Waals surface area (Å²) < 4.78 is 18.8. The highest BCUT2D eigenvalue weighted by molar-refractivity contribution is 5.90. The van der Waals surface area contributed by atoms with Crippen LogP contribution in [-0.2, 0) is 0 Å². The van der Waals surface area contributed by atoms with Crippen molar-refractivity contribution in [2.75, 3.05) is 26.2 Å². The van der Waals surface area contributed by atoms with Crippen LogP contribution < -0.4 is 4.74 Å². The van der Waals surface area contributed by atoms with Crippen molar-refractivity contribution in [3.05, 3.63) is 29.6 Å². The number of carbonyl (C=O) groups is 1. The van der Waals surface area contributed by atoms with Crippen molar-refractivity contribution in [1.82, 2.24) is 4.90 Å². The van der Waals surface area contributed by atoms with E-state index in [1.54, 1.807) is 0 Å². The summed E-state index contributed by atoms with van der Waals surface area (Å²) in [7, 11) is 0. The molecule has 0 aliphatic carbocycles. The van der Waals surface area contributed by atoms with Crippen LogP contribution in [0.1, 0.15) is 23.2 Å². The number of hydrogen-bond acceptors (Lipinski definition) is 3. The number of benzene rings is 1. The lowest BCUT2D eigenvalue weighted by Crippen LogP contribution is -2.25. The fraction of sp³-hybridized carbons (Fsp3) is 0.462. The topological polar surface area (TPSA) is 49.8 Å². The molecule has 1 N–H and O–H groups in total. The van der Waals surface area contributed by atoms with Gasteiger partial charge in [0.15, 0.2) is 11.6 Å². The van der Waals surface area contributed by atoms with Crippen LogP contribution in [0.3, 0.4) is 0 Å². The van der Waals surface area contributed by atoms with Crippen LogP contribution in [0, 0.1) is 5.82 Å². The standard InChI is InChI=1S/C13H16FNO3/c14-11-5-3-4-10(13(16)17)12(11)18-9-8-15-6-1-2-7-15/h3-5H,1-2,6-9H2,(H,16,17). The van der Waals surface area contributed by atoms with E-state index in [2.05, 4.69) is 4.90 Å². The number of rotatable bonds is 5. The van der Waals surface area contributed by atoms with Gasteiger partial charge in [-0.25, -0.2) is 9.18 Å². The van der Waals surface area contributed by atoms with Gasteiger partial charge in [-0.05, 0) is 38.1 Å². The Balaban J connectivity index is 1.97. The summed E-state index contributed by atoms with van der Waals surface area (Å²) in [6.45, 7) is 3.08. The number of hydrogen-bond donors (Lipinski definition) is 1. The smallest absolute Gasteiger partial charge is 0.339 e. The molecule has 1 fully saturated rings. The van der Waals surface area contributed by atoms with E-state index in [9.17, 15) is 9.18 Å². The number of halogens is 1. The number of aromatic carboxylic acids is 1. The molecule has 18 heavy (non-hydrogen) atoms. The highest BCUT2D eigenvalue weighted by Gasteiger charge is 2.16. The van der Waals surface area contributed by atoms with Crippen LogP contribution in [0.2, 0.25) is 0 Å². The Kier molecular flexibility index (Phi) is 4.15. The third kappa shape index (κ3) is 2.98. The number of carboxylic acids is 1. The van der Waals surface area contributed by atoms with E-state index < -0.39 is 11.8 Å². The first-order chi connectivity index (χ1) is 8.68. The van der Waals surface area contributed by atoms with Gasteiger partial charge in [-0.15, -0.1) is 0 Å².